The molecule has 1 aromatic carbocycles. The summed E-state index contributed by atoms with van der Waals surface area (Å²) in [5.74, 6) is -0.457. The molecule has 0 spiro atoms. The van der Waals surface area contributed by atoms with Gasteiger partial charge in [0.1, 0.15) is 23.3 Å². The molecule has 3 rings (SSSR count). The lowest BCUT2D eigenvalue weighted by Crippen LogP contribution is -2.53. The minimum atomic E-state index is -1.34. The first kappa shape index (κ1) is 20.0. The molecule has 1 aromatic heterocycles. The Morgan fingerprint density at radius 3 is 2.71 bits per heavy atom. The number of rotatable bonds is 3. The number of hydrogen-bond acceptors (Lipinski definition) is 5. The van der Waals surface area contributed by atoms with Crippen LogP contribution in [0.15, 0.2) is 24.3 Å². The molecule has 0 aliphatic carbocycles. The first-order chi connectivity index (χ1) is 13.2. The van der Waals surface area contributed by atoms with Gasteiger partial charge in [-0.15, -0.1) is 0 Å². The van der Waals surface area contributed by atoms with Crippen molar-refractivity contribution in [3.8, 4) is 0 Å². The van der Waals surface area contributed by atoms with Crippen LogP contribution in [0.1, 0.15) is 37.7 Å². The number of hydrogen-bond donors (Lipinski definition) is 1. The van der Waals surface area contributed by atoms with Gasteiger partial charge in [-0.05, 0) is 51.5 Å². The minimum absolute atomic E-state index is 0.00813. The molecule has 0 bridgehead atoms. The highest BCUT2D eigenvalue weighted by molar-refractivity contribution is 5.93. The van der Waals surface area contributed by atoms with Gasteiger partial charge in [0.05, 0.1) is 23.8 Å². The van der Waals surface area contributed by atoms with Crippen LogP contribution in [0.4, 0.5) is 19.3 Å². The van der Waals surface area contributed by atoms with Crippen molar-refractivity contribution in [1.82, 2.24) is 10.3 Å². The molecule has 150 valence electrons. The molecular formula is C20H23F2N3O3. The highest BCUT2D eigenvalue weighted by Crippen LogP contribution is 2.30. The molecule has 0 radical (unpaired) electrons. The number of benzene rings is 1. The molecule has 2 aromatic rings. The third-order valence-corrected chi connectivity index (χ3v) is 4.51. The molecule has 1 N–H and O–H groups in total. The van der Waals surface area contributed by atoms with E-state index in [4.69, 9.17) is 4.74 Å². The summed E-state index contributed by atoms with van der Waals surface area (Å²) < 4.78 is 34.0. The van der Waals surface area contributed by atoms with Crippen LogP contribution < -0.4 is 10.2 Å². The lowest BCUT2D eigenvalue weighted by molar-refractivity contribution is 0.0463. The second-order valence-electron chi connectivity index (χ2n) is 7.82. The van der Waals surface area contributed by atoms with Crippen molar-refractivity contribution in [3.05, 3.63) is 35.8 Å². The molecule has 8 heteroatoms. The number of alkyl carbamates (subject to hydrolysis) is 1. The van der Waals surface area contributed by atoms with Gasteiger partial charge in [-0.3, -0.25) is 4.79 Å². The molecule has 2 heterocycles. The normalized spacial score (nSPS) is 20.1. The topological polar surface area (TPSA) is 71.5 Å². The van der Waals surface area contributed by atoms with Crippen molar-refractivity contribution >= 4 is 29.0 Å². The Balaban J connectivity index is 1.78. The fourth-order valence-corrected chi connectivity index (χ4v) is 3.25. The third kappa shape index (κ3) is 4.37. The number of alkyl halides is 1. The maximum atomic E-state index is 14.7. The monoisotopic (exact) mass is 391 g/mol. The molecule has 1 aliphatic rings. The summed E-state index contributed by atoms with van der Waals surface area (Å²) in [6.45, 7) is 5.66. The number of aldehydes is 1. The first-order valence-electron chi connectivity index (χ1n) is 9.11. The number of pyridine rings is 1. The molecule has 2 atom stereocenters. The summed E-state index contributed by atoms with van der Waals surface area (Å²) in [4.78, 5) is 28.9. The maximum absolute atomic E-state index is 14.7. The van der Waals surface area contributed by atoms with E-state index in [-0.39, 0.29) is 17.6 Å². The van der Waals surface area contributed by atoms with E-state index in [1.807, 2.05) is 0 Å². The summed E-state index contributed by atoms with van der Waals surface area (Å²) in [7, 11) is 0. The Morgan fingerprint density at radius 2 is 2.07 bits per heavy atom. The van der Waals surface area contributed by atoms with Crippen LogP contribution in [0, 0.1) is 5.82 Å². The van der Waals surface area contributed by atoms with Gasteiger partial charge in [0.15, 0.2) is 6.29 Å². The number of nitrogens with one attached hydrogen (secondary N) is 1. The van der Waals surface area contributed by atoms with E-state index in [0.29, 0.717) is 30.5 Å². The van der Waals surface area contributed by atoms with Gasteiger partial charge in [0, 0.05) is 11.9 Å². The third-order valence-electron chi connectivity index (χ3n) is 4.51. The number of aromatic nitrogens is 1. The van der Waals surface area contributed by atoms with Crippen molar-refractivity contribution in [2.75, 3.05) is 18.0 Å². The van der Waals surface area contributed by atoms with E-state index in [1.165, 1.54) is 24.3 Å². The van der Waals surface area contributed by atoms with Crippen LogP contribution in [0.3, 0.4) is 0 Å². The SMILES string of the molecule is CC(C)(C)OC(=O)N[C@@H]1CCN(c2ccc(F)c3ccc(C=O)nc23)C[C@@H]1F. The van der Waals surface area contributed by atoms with Gasteiger partial charge < -0.3 is 15.0 Å². The van der Waals surface area contributed by atoms with Gasteiger partial charge in [-0.25, -0.2) is 18.6 Å². The van der Waals surface area contributed by atoms with E-state index in [1.54, 1.807) is 25.7 Å². The van der Waals surface area contributed by atoms with Crippen LogP contribution >= 0.6 is 0 Å². The Labute approximate surface area is 161 Å². The molecule has 1 amide bonds. The van der Waals surface area contributed by atoms with E-state index in [0.717, 1.165) is 0 Å². The van der Waals surface area contributed by atoms with Crippen molar-refractivity contribution in [1.29, 1.82) is 0 Å². The highest BCUT2D eigenvalue weighted by atomic mass is 19.1. The van der Waals surface area contributed by atoms with Gasteiger partial charge in [0.2, 0.25) is 0 Å². The van der Waals surface area contributed by atoms with Crippen molar-refractivity contribution < 1.29 is 23.1 Å². The lowest BCUT2D eigenvalue weighted by atomic mass is 10.0. The van der Waals surface area contributed by atoms with Gasteiger partial charge >= 0.3 is 6.09 Å². The molecule has 1 saturated heterocycles. The molecular weight excluding hydrogens is 368 g/mol. The first-order valence-corrected chi connectivity index (χ1v) is 9.11. The van der Waals surface area contributed by atoms with Gasteiger partial charge in [-0.2, -0.15) is 0 Å². The summed E-state index contributed by atoms with van der Waals surface area (Å²) in [5.41, 5.74) is 0.387. The predicted octanol–water partition coefficient (Wildman–Crippen LogP) is 3.63. The van der Waals surface area contributed by atoms with Crippen LogP contribution in [0.2, 0.25) is 0 Å². The van der Waals surface area contributed by atoms with E-state index in [2.05, 4.69) is 10.3 Å². The summed E-state index contributed by atoms with van der Waals surface area (Å²) in [6, 6.07) is 5.11. The number of piperidine rings is 1. The Kier molecular flexibility index (Phi) is 5.49. The lowest BCUT2D eigenvalue weighted by Gasteiger charge is -2.37. The summed E-state index contributed by atoms with van der Waals surface area (Å²) in [6.07, 6.45) is -1.05. The second kappa shape index (κ2) is 7.69. The fraction of sp³-hybridized carbons (Fsp3) is 0.450. The molecule has 0 unspecified atom stereocenters. The van der Waals surface area contributed by atoms with E-state index >= 15 is 0 Å². The summed E-state index contributed by atoms with van der Waals surface area (Å²) in [5, 5.41) is 2.85. The smallest absolute Gasteiger partial charge is 0.407 e. The van der Waals surface area contributed by atoms with Crippen LogP contribution in [-0.2, 0) is 4.74 Å². The Hall–Kier alpha value is -2.77. The Bertz CT molecular complexity index is 898. The van der Waals surface area contributed by atoms with Crippen LogP contribution in [0.5, 0.6) is 0 Å². The van der Waals surface area contributed by atoms with Crippen molar-refractivity contribution in [3.63, 3.8) is 0 Å². The van der Waals surface area contributed by atoms with Crippen LogP contribution in [0.25, 0.3) is 10.9 Å². The van der Waals surface area contributed by atoms with Gasteiger partial charge in [-0.1, -0.05) is 0 Å². The average molecular weight is 391 g/mol. The van der Waals surface area contributed by atoms with Gasteiger partial charge in [0.25, 0.3) is 0 Å². The highest BCUT2D eigenvalue weighted by Gasteiger charge is 2.32. The average Bonchev–Trinajstić information content (AvgIpc) is 2.62. The quantitative estimate of drug-likeness (QED) is 0.809. The van der Waals surface area contributed by atoms with E-state index in [9.17, 15) is 18.4 Å². The largest absolute Gasteiger partial charge is 0.444 e. The van der Waals surface area contributed by atoms with E-state index < -0.39 is 29.7 Å². The predicted molar refractivity (Wildman–Crippen MR) is 102 cm³/mol. The summed E-state index contributed by atoms with van der Waals surface area (Å²) >= 11 is 0. The van der Waals surface area contributed by atoms with Crippen LogP contribution in [-0.4, -0.2) is 48.3 Å². The molecule has 1 aliphatic heterocycles. The molecule has 28 heavy (non-hydrogen) atoms. The standard InChI is InChI=1S/C20H23F2N3O3/c1-20(2,3)28-19(27)24-16-8-9-25(10-15(16)22)17-7-6-14(21)13-5-4-12(11-26)23-18(13)17/h4-7,11,15-16H,8-10H2,1-3H3,(H,24,27)/t15-,16+/m0/s1. The zero-order valence-corrected chi connectivity index (χ0v) is 16.0. The molecule has 0 saturated carbocycles. The van der Waals surface area contributed by atoms with Crippen molar-refractivity contribution in [2.24, 2.45) is 0 Å². The zero-order chi connectivity index (χ0) is 20.5. The minimum Gasteiger partial charge on any atom is -0.444 e. The number of carbonyl (C=O) groups is 2. The number of anilines is 1. The number of halogens is 2. The maximum Gasteiger partial charge on any atom is 0.407 e. The number of ether oxygens (including phenoxy) is 1. The fourth-order valence-electron chi connectivity index (χ4n) is 3.25. The number of amides is 1. The second-order valence-corrected chi connectivity index (χ2v) is 7.82. The van der Waals surface area contributed by atoms with Crippen molar-refractivity contribution in [2.45, 2.75) is 45.0 Å². The Morgan fingerprint density at radius 1 is 1.32 bits per heavy atom. The molecule has 6 nitrogen and oxygen atoms in total. The zero-order valence-electron chi connectivity index (χ0n) is 16.0. The molecule has 1 fully saturated rings. The number of carbonyl (C=O) groups excluding carboxylic acids is 2. The number of fused-ring (bicyclic) bond motifs is 1. The number of nitrogens with zero attached hydrogens (tertiary/aromatic N) is 2.